The van der Waals surface area contributed by atoms with Crippen molar-refractivity contribution in [1.29, 1.82) is 0 Å². The number of fused-ring (bicyclic) bond motifs is 1. The first-order chi connectivity index (χ1) is 5.92. The van der Waals surface area contributed by atoms with Gasteiger partial charge in [-0.2, -0.15) is 0 Å². The van der Waals surface area contributed by atoms with Crippen molar-refractivity contribution in [1.82, 2.24) is 0 Å². The second-order valence-electron chi connectivity index (χ2n) is 2.56. The lowest BCUT2D eigenvalue weighted by Gasteiger charge is -2.19. The molecule has 0 atom stereocenters. The van der Waals surface area contributed by atoms with E-state index >= 15 is 0 Å². The Bertz CT molecular complexity index is 269. The molecular formula is C9H10O3. The Kier molecular flexibility index (Phi) is 1.87. The van der Waals surface area contributed by atoms with Gasteiger partial charge in [0, 0.05) is 5.56 Å². The molecule has 0 aromatic heterocycles. The van der Waals surface area contributed by atoms with Gasteiger partial charge in [-0.05, 0) is 6.07 Å². The topological polar surface area (TPSA) is 27.7 Å². The monoisotopic (exact) mass is 166 g/mol. The zero-order valence-electron chi connectivity index (χ0n) is 6.87. The smallest absolute Gasteiger partial charge is 0.189 e. The average molecular weight is 166 g/mol. The first-order valence-corrected chi connectivity index (χ1v) is 3.78. The lowest BCUT2D eigenvalue weighted by molar-refractivity contribution is -0.0179. The molecule has 0 unspecified atom stereocenters. The number of rotatable bonds is 1. The minimum Gasteiger partial charge on any atom is -0.493 e. The van der Waals surface area contributed by atoms with Crippen molar-refractivity contribution in [2.24, 2.45) is 0 Å². The zero-order valence-corrected chi connectivity index (χ0v) is 6.87. The van der Waals surface area contributed by atoms with Gasteiger partial charge in [-0.15, -0.1) is 0 Å². The van der Waals surface area contributed by atoms with Gasteiger partial charge in [0.05, 0.1) is 13.7 Å². The van der Waals surface area contributed by atoms with Crippen molar-refractivity contribution in [2.75, 3.05) is 13.9 Å². The Balaban J connectivity index is 2.44. The Hall–Kier alpha value is -1.22. The maximum atomic E-state index is 5.30. The molecule has 12 heavy (non-hydrogen) atoms. The third kappa shape index (κ3) is 1.12. The molecule has 1 aromatic carbocycles. The molecule has 1 aromatic rings. The normalized spacial score (nSPS) is 14.8. The van der Waals surface area contributed by atoms with E-state index in [0.29, 0.717) is 13.4 Å². The van der Waals surface area contributed by atoms with E-state index in [2.05, 4.69) is 0 Å². The van der Waals surface area contributed by atoms with E-state index in [1.54, 1.807) is 7.11 Å². The standard InChI is InChI=1S/C9H10O3/c1-10-8-4-2-3-7-5-11-6-12-9(7)8/h2-4H,5-6H2,1H3. The molecule has 0 N–H and O–H groups in total. The van der Waals surface area contributed by atoms with Crippen LogP contribution in [-0.2, 0) is 11.3 Å². The van der Waals surface area contributed by atoms with Gasteiger partial charge < -0.3 is 14.2 Å². The van der Waals surface area contributed by atoms with Gasteiger partial charge in [0.1, 0.15) is 0 Å². The number of hydrogen-bond acceptors (Lipinski definition) is 3. The molecule has 0 amide bonds. The van der Waals surface area contributed by atoms with Gasteiger partial charge in [-0.1, -0.05) is 12.1 Å². The van der Waals surface area contributed by atoms with E-state index < -0.39 is 0 Å². The molecule has 0 aliphatic carbocycles. The number of hydrogen-bond donors (Lipinski definition) is 0. The van der Waals surface area contributed by atoms with E-state index in [-0.39, 0.29) is 0 Å². The maximum absolute atomic E-state index is 5.30. The van der Waals surface area contributed by atoms with Crippen LogP contribution >= 0.6 is 0 Å². The summed E-state index contributed by atoms with van der Waals surface area (Å²) in [5.74, 6) is 1.59. The van der Waals surface area contributed by atoms with Crippen LogP contribution in [0.3, 0.4) is 0 Å². The highest BCUT2D eigenvalue weighted by atomic mass is 16.7. The van der Waals surface area contributed by atoms with Crippen LogP contribution < -0.4 is 9.47 Å². The number of para-hydroxylation sites is 1. The lowest BCUT2D eigenvalue weighted by Crippen LogP contribution is -2.11. The fraction of sp³-hybridized carbons (Fsp3) is 0.333. The van der Waals surface area contributed by atoms with Crippen LogP contribution in [-0.4, -0.2) is 13.9 Å². The van der Waals surface area contributed by atoms with Gasteiger partial charge in [0.25, 0.3) is 0 Å². The molecule has 64 valence electrons. The van der Waals surface area contributed by atoms with Gasteiger partial charge in [-0.3, -0.25) is 0 Å². The molecule has 0 saturated heterocycles. The number of benzene rings is 1. The second kappa shape index (κ2) is 3.03. The highest BCUT2D eigenvalue weighted by Gasteiger charge is 2.14. The molecule has 2 rings (SSSR count). The molecule has 0 bridgehead atoms. The van der Waals surface area contributed by atoms with Crippen molar-refractivity contribution >= 4 is 0 Å². The molecule has 0 fully saturated rings. The third-order valence-corrected chi connectivity index (χ3v) is 1.82. The molecule has 3 nitrogen and oxygen atoms in total. The Morgan fingerprint density at radius 2 is 2.33 bits per heavy atom. The van der Waals surface area contributed by atoms with Crippen LogP contribution in [0.15, 0.2) is 18.2 Å². The quantitative estimate of drug-likeness (QED) is 0.633. The summed E-state index contributed by atoms with van der Waals surface area (Å²) in [7, 11) is 1.63. The Morgan fingerprint density at radius 3 is 3.17 bits per heavy atom. The second-order valence-corrected chi connectivity index (χ2v) is 2.56. The van der Waals surface area contributed by atoms with E-state index in [1.165, 1.54) is 0 Å². The van der Waals surface area contributed by atoms with Gasteiger partial charge in [-0.25, -0.2) is 0 Å². The Labute approximate surface area is 70.9 Å². The van der Waals surface area contributed by atoms with Crippen LogP contribution in [0.4, 0.5) is 0 Å². The molecule has 1 aliphatic rings. The van der Waals surface area contributed by atoms with Crippen LogP contribution in [0.2, 0.25) is 0 Å². The molecule has 0 spiro atoms. The summed E-state index contributed by atoms with van der Waals surface area (Å²) in [6, 6.07) is 5.77. The fourth-order valence-corrected chi connectivity index (χ4v) is 1.25. The third-order valence-electron chi connectivity index (χ3n) is 1.82. The summed E-state index contributed by atoms with van der Waals surface area (Å²) in [6.45, 7) is 0.917. The van der Waals surface area contributed by atoms with Crippen molar-refractivity contribution in [2.45, 2.75) is 6.61 Å². The van der Waals surface area contributed by atoms with Crippen molar-refractivity contribution in [3.8, 4) is 11.5 Å². The minimum absolute atomic E-state index is 0.313. The van der Waals surface area contributed by atoms with Gasteiger partial charge >= 0.3 is 0 Å². The van der Waals surface area contributed by atoms with E-state index in [1.807, 2.05) is 18.2 Å². The predicted molar refractivity (Wildman–Crippen MR) is 43.3 cm³/mol. The van der Waals surface area contributed by atoms with Crippen LogP contribution in [0, 0.1) is 0 Å². The summed E-state index contributed by atoms with van der Waals surface area (Å²) in [6.07, 6.45) is 0. The maximum Gasteiger partial charge on any atom is 0.189 e. The summed E-state index contributed by atoms with van der Waals surface area (Å²) >= 11 is 0. The first-order valence-electron chi connectivity index (χ1n) is 3.78. The first kappa shape index (κ1) is 7.43. The van der Waals surface area contributed by atoms with Gasteiger partial charge in [0.2, 0.25) is 0 Å². The summed E-state index contributed by atoms with van der Waals surface area (Å²) in [5.41, 5.74) is 1.04. The van der Waals surface area contributed by atoms with E-state index in [4.69, 9.17) is 14.2 Å². The highest BCUT2D eigenvalue weighted by molar-refractivity contribution is 5.46. The molecule has 0 saturated carbocycles. The van der Waals surface area contributed by atoms with Crippen molar-refractivity contribution in [3.05, 3.63) is 23.8 Å². The predicted octanol–water partition coefficient (Wildman–Crippen LogP) is 1.56. The largest absolute Gasteiger partial charge is 0.493 e. The molecule has 3 heteroatoms. The van der Waals surface area contributed by atoms with E-state index in [9.17, 15) is 0 Å². The summed E-state index contributed by atoms with van der Waals surface area (Å²) in [4.78, 5) is 0. The molecular weight excluding hydrogens is 156 g/mol. The summed E-state index contributed by atoms with van der Waals surface area (Å²) in [5, 5.41) is 0. The molecule has 0 radical (unpaired) electrons. The number of ether oxygens (including phenoxy) is 3. The Morgan fingerprint density at radius 1 is 1.42 bits per heavy atom. The summed E-state index contributed by atoms with van der Waals surface area (Å²) < 4.78 is 15.5. The SMILES string of the molecule is COc1cccc2c1OCOC2. The average Bonchev–Trinajstić information content (AvgIpc) is 2.17. The zero-order chi connectivity index (χ0) is 8.39. The number of methoxy groups -OCH3 is 1. The minimum atomic E-state index is 0.313. The van der Waals surface area contributed by atoms with Crippen LogP contribution in [0.25, 0.3) is 0 Å². The van der Waals surface area contributed by atoms with Crippen LogP contribution in [0.1, 0.15) is 5.56 Å². The fourth-order valence-electron chi connectivity index (χ4n) is 1.25. The molecule has 1 heterocycles. The van der Waals surface area contributed by atoms with Crippen molar-refractivity contribution in [3.63, 3.8) is 0 Å². The molecule has 1 aliphatic heterocycles. The lowest BCUT2D eigenvalue weighted by atomic mass is 10.2. The van der Waals surface area contributed by atoms with E-state index in [0.717, 1.165) is 17.1 Å². The van der Waals surface area contributed by atoms with Crippen LogP contribution in [0.5, 0.6) is 11.5 Å². The highest BCUT2D eigenvalue weighted by Crippen LogP contribution is 2.33. The van der Waals surface area contributed by atoms with Crippen molar-refractivity contribution < 1.29 is 14.2 Å². The van der Waals surface area contributed by atoms with Gasteiger partial charge in [0.15, 0.2) is 18.3 Å².